The molecular formula is C22H16BrN3. The summed E-state index contributed by atoms with van der Waals surface area (Å²) in [4.78, 5) is 9.45. The summed E-state index contributed by atoms with van der Waals surface area (Å²) in [6.07, 6.45) is 6.65. The number of aromatic nitrogens is 3. The van der Waals surface area contributed by atoms with Crippen molar-refractivity contribution in [2.24, 2.45) is 0 Å². The van der Waals surface area contributed by atoms with E-state index in [-0.39, 0.29) is 0 Å². The van der Waals surface area contributed by atoms with Gasteiger partial charge in [-0.2, -0.15) is 0 Å². The number of pyridine rings is 1. The van der Waals surface area contributed by atoms with Crippen molar-refractivity contribution in [1.29, 1.82) is 0 Å². The lowest BCUT2D eigenvalue weighted by atomic mass is 9.80. The summed E-state index contributed by atoms with van der Waals surface area (Å²) in [5.74, 6) is 1.00. The number of hydrogen-bond donors (Lipinski definition) is 0. The van der Waals surface area contributed by atoms with Gasteiger partial charge in [-0.3, -0.25) is 4.98 Å². The number of fused-ring (bicyclic) bond motifs is 3. The van der Waals surface area contributed by atoms with Crippen molar-refractivity contribution >= 4 is 15.9 Å². The van der Waals surface area contributed by atoms with Crippen LogP contribution in [0.3, 0.4) is 0 Å². The minimum Gasteiger partial charge on any atom is -0.315 e. The lowest BCUT2D eigenvalue weighted by Gasteiger charge is -2.32. The zero-order valence-corrected chi connectivity index (χ0v) is 15.6. The number of imidazole rings is 1. The van der Waals surface area contributed by atoms with Gasteiger partial charge in [-0.25, -0.2) is 4.98 Å². The Hall–Kier alpha value is -2.72. The molecule has 1 aliphatic rings. The molecule has 0 bridgehead atoms. The zero-order valence-electron chi connectivity index (χ0n) is 14.0. The maximum Gasteiger partial charge on any atom is 0.141 e. The molecule has 0 fully saturated rings. The Balaban J connectivity index is 1.82. The summed E-state index contributed by atoms with van der Waals surface area (Å²) in [6, 6.07) is 23.3. The van der Waals surface area contributed by atoms with E-state index in [1.165, 1.54) is 16.7 Å². The van der Waals surface area contributed by atoms with Crippen LogP contribution in [0.1, 0.15) is 16.8 Å². The largest absolute Gasteiger partial charge is 0.315 e. The van der Waals surface area contributed by atoms with Crippen molar-refractivity contribution in [2.45, 2.75) is 12.0 Å². The van der Waals surface area contributed by atoms with Gasteiger partial charge in [0, 0.05) is 35.0 Å². The van der Waals surface area contributed by atoms with Crippen LogP contribution in [0.2, 0.25) is 0 Å². The van der Waals surface area contributed by atoms with Gasteiger partial charge in [0.05, 0.1) is 5.69 Å². The standard InChI is InChI=1S/C22H16BrN3/c23-17-10-11-20(25-15-17)22(14-16-6-2-1-3-7-16)19-9-5-4-8-18(19)21-24-12-13-26(21)22/h1-13,15H,14H2/t22-/m0/s1. The molecule has 2 aromatic heterocycles. The highest BCUT2D eigenvalue weighted by atomic mass is 79.9. The van der Waals surface area contributed by atoms with E-state index < -0.39 is 5.54 Å². The first kappa shape index (κ1) is 15.5. The first-order valence-corrected chi connectivity index (χ1v) is 9.38. The summed E-state index contributed by atoms with van der Waals surface area (Å²) in [6.45, 7) is 0. The van der Waals surface area contributed by atoms with Crippen molar-refractivity contribution in [3.05, 3.63) is 107 Å². The van der Waals surface area contributed by atoms with E-state index in [4.69, 9.17) is 4.98 Å². The van der Waals surface area contributed by atoms with Crippen LogP contribution in [-0.4, -0.2) is 14.5 Å². The van der Waals surface area contributed by atoms with Crippen LogP contribution < -0.4 is 0 Å². The second-order valence-corrected chi connectivity index (χ2v) is 7.47. The number of benzene rings is 2. The van der Waals surface area contributed by atoms with E-state index in [0.717, 1.165) is 22.4 Å². The monoisotopic (exact) mass is 401 g/mol. The molecule has 2 aromatic carbocycles. The fourth-order valence-electron chi connectivity index (χ4n) is 4.02. The highest BCUT2D eigenvalue weighted by molar-refractivity contribution is 9.10. The van der Waals surface area contributed by atoms with Gasteiger partial charge in [-0.1, -0.05) is 54.6 Å². The van der Waals surface area contributed by atoms with Crippen LogP contribution in [0.25, 0.3) is 11.4 Å². The first-order chi connectivity index (χ1) is 12.8. The molecule has 0 radical (unpaired) electrons. The maximum absolute atomic E-state index is 4.81. The van der Waals surface area contributed by atoms with Crippen molar-refractivity contribution < 1.29 is 0 Å². The molecule has 0 aliphatic carbocycles. The Morgan fingerprint density at radius 2 is 1.69 bits per heavy atom. The third-order valence-corrected chi connectivity index (χ3v) is 5.59. The van der Waals surface area contributed by atoms with E-state index in [1.807, 2.05) is 12.4 Å². The average Bonchev–Trinajstić information content (AvgIpc) is 3.26. The molecule has 26 heavy (non-hydrogen) atoms. The van der Waals surface area contributed by atoms with Crippen molar-refractivity contribution in [3.63, 3.8) is 0 Å². The van der Waals surface area contributed by atoms with Crippen molar-refractivity contribution in [2.75, 3.05) is 0 Å². The van der Waals surface area contributed by atoms with Gasteiger partial charge in [0.2, 0.25) is 0 Å². The number of nitrogens with zero attached hydrogens (tertiary/aromatic N) is 3. The molecule has 5 rings (SSSR count). The predicted molar refractivity (Wildman–Crippen MR) is 106 cm³/mol. The molecule has 0 N–H and O–H groups in total. The van der Waals surface area contributed by atoms with E-state index in [2.05, 4.69) is 98.4 Å². The van der Waals surface area contributed by atoms with Crippen LogP contribution in [0.15, 0.2) is 89.8 Å². The van der Waals surface area contributed by atoms with Crippen molar-refractivity contribution in [1.82, 2.24) is 14.5 Å². The average molecular weight is 402 g/mol. The Kier molecular flexibility index (Phi) is 3.54. The second-order valence-electron chi connectivity index (χ2n) is 6.55. The van der Waals surface area contributed by atoms with E-state index in [9.17, 15) is 0 Å². The molecule has 0 spiro atoms. The highest BCUT2D eigenvalue weighted by Crippen LogP contribution is 2.48. The van der Waals surface area contributed by atoms with Gasteiger partial charge in [0.1, 0.15) is 11.4 Å². The maximum atomic E-state index is 4.81. The molecule has 1 atom stereocenters. The molecule has 4 heteroatoms. The lowest BCUT2D eigenvalue weighted by Crippen LogP contribution is -2.36. The second kappa shape index (κ2) is 5.92. The van der Waals surface area contributed by atoms with Crippen LogP contribution in [-0.2, 0) is 12.0 Å². The third-order valence-electron chi connectivity index (χ3n) is 5.12. The molecule has 0 saturated carbocycles. The highest BCUT2D eigenvalue weighted by Gasteiger charge is 2.45. The molecule has 0 amide bonds. The minimum absolute atomic E-state index is 0.398. The minimum atomic E-state index is -0.398. The molecule has 3 nitrogen and oxygen atoms in total. The van der Waals surface area contributed by atoms with Crippen LogP contribution in [0, 0.1) is 0 Å². The fourth-order valence-corrected chi connectivity index (χ4v) is 4.26. The molecular weight excluding hydrogens is 386 g/mol. The van der Waals surface area contributed by atoms with E-state index >= 15 is 0 Å². The van der Waals surface area contributed by atoms with E-state index in [1.54, 1.807) is 0 Å². The van der Waals surface area contributed by atoms with Gasteiger partial charge in [-0.15, -0.1) is 0 Å². The van der Waals surface area contributed by atoms with Gasteiger partial charge < -0.3 is 4.57 Å². The van der Waals surface area contributed by atoms with E-state index in [0.29, 0.717) is 0 Å². The summed E-state index contributed by atoms with van der Waals surface area (Å²) < 4.78 is 3.26. The first-order valence-electron chi connectivity index (χ1n) is 8.59. The quantitative estimate of drug-likeness (QED) is 0.480. The molecule has 4 aromatic rings. The Bertz CT molecular complexity index is 1070. The molecule has 0 saturated heterocycles. The smallest absolute Gasteiger partial charge is 0.141 e. The summed E-state index contributed by atoms with van der Waals surface area (Å²) in [5, 5.41) is 0. The van der Waals surface area contributed by atoms with Gasteiger partial charge in [0.15, 0.2) is 0 Å². The zero-order chi connectivity index (χ0) is 17.6. The summed E-state index contributed by atoms with van der Waals surface area (Å²) in [5.41, 5.74) is 4.33. The van der Waals surface area contributed by atoms with Gasteiger partial charge in [-0.05, 0) is 39.2 Å². The fraction of sp³-hybridized carbons (Fsp3) is 0.0909. The Morgan fingerprint density at radius 1 is 0.885 bits per heavy atom. The van der Waals surface area contributed by atoms with Crippen molar-refractivity contribution in [3.8, 4) is 11.4 Å². The lowest BCUT2D eigenvalue weighted by molar-refractivity contribution is 0.437. The number of hydrogen-bond acceptors (Lipinski definition) is 2. The third kappa shape index (κ3) is 2.19. The molecule has 0 unspecified atom stereocenters. The molecule has 126 valence electrons. The number of rotatable bonds is 3. The summed E-state index contributed by atoms with van der Waals surface area (Å²) in [7, 11) is 0. The SMILES string of the molecule is Brc1ccc([C@]2(Cc3ccccc3)c3ccccc3-c3nccn32)nc1. The Labute approximate surface area is 160 Å². The summed E-state index contributed by atoms with van der Waals surface area (Å²) >= 11 is 3.51. The van der Waals surface area contributed by atoms with Gasteiger partial charge in [0.25, 0.3) is 0 Å². The van der Waals surface area contributed by atoms with Crippen LogP contribution in [0.5, 0.6) is 0 Å². The molecule has 3 heterocycles. The normalized spacial score (nSPS) is 17.7. The topological polar surface area (TPSA) is 30.7 Å². The molecule has 1 aliphatic heterocycles. The van der Waals surface area contributed by atoms with Crippen LogP contribution >= 0.6 is 15.9 Å². The van der Waals surface area contributed by atoms with Crippen LogP contribution in [0.4, 0.5) is 0 Å². The van der Waals surface area contributed by atoms with Gasteiger partial charge >= 0.3 is 0 Å². The Morgan fingerprint density at radius 3 is 2.50 bits per heavy atom. The predicted octanol–water partition coefficient (Wildman–Crippen LogP) is 5.06. The number of halogens is 1.